The van der Waals surface area contributed by atoms with Crippen molar-refractivity contribution < 1.29 is 26.3 Å². The zero-order valence-corrected chi connectivity index (χ0v) is 12.9. The van der Waals surface area contributed by atoms with Gasteiger partial charge in [-0.25, -0.2) is 17.5 Å². The molecule has 0 aliphatic carbocycles. The van der Waals surface area contributed by atoms with Crippen LogP contribution in [0.25, 0.3) is 0 Å². The highest BCUT2D eigenvalue weighted by Gasteiger charge is 2.19. The van der Waals surface area contributed by atoms with Crippen LogP contribution < -0.4 is 9.46 Å². The van der Waals surface area contributed by atoms with Gasteiger partial charge in [0.25, 0.3) is 0 Å². The first kappa shape index (κ1) is 17.3. The molecule has 0 radical (unpaired) electrons. The Labute approximate surface area is 132 Å². The van der Waals surface area contributed by atoms with E-state index in [4.69, 9.17) is 0 Å². The first-order chi connectivity index (χ1) is 10.8. The van der Waals surface area contributed by atoms with Crippen LogP contribution in [0.15, 0.2) is 53.4 Å². The SMILES string of the molecule is C[C@@H](NS(=O)(=O)c1cccc(F)c1)c1cccc(OC(F)F)c1. The number of hydrogen-bond donors (Lipinski definition) is 1. The fraction of sp³-hybridized carbons (Fsp3) is 0.200. The van der Waals surface area contributed by atoms with Crippen molar-refractivity contribution in [1.82, 2.24) is 4.72 Å². The van der Waals surface area contributed by atoms with Crippen molar-refractivity contribution in [3.05, 3.63) is 59.9 Å². The molecule has 8 heteroatoms. The maximum absolute atomic E-state index is 13.2. The van der Waals surface area contributed by atoms with Gasteiger partial charge in [0, 0.05) is 6.04 Å². The van der Waals surface area contributed by atoms with Crippen LogP contribution >= 0.6 is 0 Å². The molecule has 0 saturated carbocycles. The van der Waals surface area contributed by atoms with Gasteiger partial charge < -0.3 is 4.74 Å². The van der Waals surface area contributed by atoms with E-state index in [1.54, 1.807) is 13.0 Å². The van der Waals surface area contributed by atoms with E-state index in [1.165, 1.54) is 30.3 Å². The van der Waals surface area contributed by atoms with Gasteiger partial charge in [-0.1, -0.05) is 18.2 Å². The Kier molecular flexibility index (Phi) is 5.27. The van der Waals surface area contributed by atoms with E-state index in [0.717, 1.165) is 12.1 Å². The summed E-state index contributed by atoms with van der Waals surface area (Å²) in [5.41, 5.74) is 0.433. The number of rotatable bonds is 6. The Morgan fingerprint density at radius 3 is 2.43 bits per heavy atom. The van der Waals surface area contributed by atoms with E-state index >= 15 is 0 Å². The third-order valence-corrected chi connectivity index (χ3v) is 4.56. The van der Waals surface area contributed by atoms with Crippen LogP contribution in [0.3, 0.4) is 0 Å². The lowest BCUT2D eigenvalue weighted by atomic mass is 10.1. The molecule has 0 aliphatic rings. The number of alkyl halides is 2. The Morgan fingerprint density at radius 1 is 1.09 bits per heavy atom. The summed E-state index contributed by atoms with van der Waals surface area (Å²) in [6.45, 7) is -1.43. The first-order valence-electron chi connectivity index (χ1n) is 6.60. The largest absolute Gasteiger partial charge is 0.435 e. The lowest BCUT2D eigenvalue weighted by Gasteiger charge is -2.16. The second kappa shape index (κ2) is 7.01. The fourth-order valence-corrected chi connectivity index (χ4v) is 3.23. The molecule has 2 rings (SSSR count). The van der Waals surface area contributed by atoms with Crippen molar-refractivity contribution in [3.8, 4) is 5.75 Å². The molecule has 4 nitrogen and oxygen atoms in total. The molecule has 124 valence electrons. The Hall–Kier alpha value is -2.06. The summed E-state index contributed by atoms with van der Waals surface area (Å²) in [5.74, 6) is -0.748. The third-order valence-electron chi connectivity index (χ3n) is 3.02. The predicted molar refractivity (Wildman–Crippen MR) is 78.2 cm³/mol. The van der Waals surface area contributed by atoms with Crippen molar-refractivity contribution in [2.24, 2.45) is 0 Å². The predicted octanol–water partition coefficient (Wildman–Crippen LogP) is 3.47. The summed E-state index contributed by atoms with van der Waals surface area (Å²) in [6, 6.07) is 9.54. The maximum atomic E-state index is 13.2. The van der Waals surface area contributed by atoms with Crippen LogP contribution in [0.5, 0.6) is 5.75 Å². The summed E-state index contributed by atoms with van der Waals surface area (Å²) >= 11 is 0. The molecular weight excluding hydrogens is 331 g/mol. The molecule has 0 unspecified atom stereocenters. The molecule has 0 fully saturated rings. The number of benzene rings is 2. The number of hydrogen-bond acceptors (Lipinski definition) is 3. The van der Waals surface area contributed by atoms with Crippen molar-refractivity contribution in [3.63, 3.8) is 0 Å². The highest BCUT2D eigenvalue weighted by molar-refractivity contribution is 7.89. The van der Waals surface area contributed by atoms with E-state index in [0.29, 0.717) is 5.56 Å². The third kappa shape index (κ3) is 4.70. The summed E-state index contributed by atoms with van der Waals surface area (Å²) in [4.78, 5) is -0.218. The number of nitrogens with one attached hydrogen (secondary N) is 1. The van der Waals surface area contributed by atoms with Gasteiger partial charge in [-0.2, -0.15) is 8.78 Å². The van der Waals surface area contributed by atoms with Crippen LogP contribution in [0.4, 0.5) is 13.2 Å². The van der Waals surface area contributed by atoms with Gasteiger partial charge >= 0.3 is 6.61 Å². The monoisotopic (exact) mass is 345 g/mol. The summed E-state index contributed by atoms with van der Waals surface area (Å²) in [6.07, 6.45) is 0. The van der Waals surface area contributed by atoms with Crippen LogP contribution in [0.1, 0.15) is 18.5 Å². The Balaban J connectivity index is 2.19. The van der Waals surface area contributed by atoms with Gasteiger partial charge in [-0.15, -0.1) is 0 Å². The highest BCUT2D eigenvalue weighted by atomic mass is 32.2. The minimum Gasteiger partial charge on any atom is -0.435 e. The summed E-state index contributed by atoms with van der Waals surface area (Å²) < 4.78 is 68.6. The Bertz CT molecular complexity index is 781. The molecule has 0 spiro atoms. The van der Waals surface area contributed by atoms with E-state index in [1.807, 2.05) is 0 Å². The smallest absolute Gasteiger partial charge is 0.387 e. The molecule has 0 amide bonds. The molecule has 1 N–H and O–H groups in total. The number of sulfonamides is 1. The molecule has 23 heavy (non-hydrogen) atoms. The second-order valence-corrected chi connectivity index (χ2v) is 6.47. The zero-order chi connectivity index (χ0) is 17.0. The van der Waals surface area contributed by atoms with Crippen molar-refractivity contribution in [2.45, 2.75) is 24.5 Å². The van der Waals surface area contributed by atoms with E-state index in [-0.39, 0.29) is 10.6 Å². The van der Waals surface area contributed by atoms with E-state index in [9.17, 15) is 21.6 Å². The molecule has 0 aromatic heterocycles. The minimum absolute atomic E-state index is 0.0747. The van der Waals surface area contributed by atoms with Crippen LogP contribution in [-0.2, 0) is 10.0 Å². The molecule has 0 bridgehead atoms. The Morgan fingerprint density at radius 2 is 1.78 bits per heavy atom. The average Bonchev–Trinajstić information content (AvgIpc) is 2.46. The molecule has 0 saturated heterocycles. The molecule has 0 aliphatic heterocycles. The van der Waals surface area contributed by atoms with Crippen molar-refractivity contribution in [2.75, 3.05) is 0 Å². The van der Waals surface area contributed by atoms with Gasteiger partial charge in [0.15, 0.2) is 0 Å². The molecular formula is C15H14F3NO3S. The highest BCUT2D eigenvalue weighted by Crippen LogP contribution is 2.22. The number of ether oxygens (including phenoxy) is 1. The topological polar surface area (TPSA) is 55.4 Å². The molecule has 2 aromatic rings. The average molecular weight is 345 g/mol. The quantitative estimate of drug-likeness (QED) is 0.872. The second-order valence-electron chi connectivity index (χ2n) is 4.75. The fourth-order valence-electron chi connectivity index (χ4n) is 1.96. The van der Waals surface area contributed by atoms with E-state index in [2.05, 4.69) is 9.46 Å². The lowest BCUT2D eigenvalue weighted by molar-refractivity contribution is -0.0499. The van der Waals surface area contributed by atoms with Gasteiger partial charge in [-0.05, 0) is 42.8 Å². The van der Waals surface area contributed by atoms with Crippen molar-refractivity contribution in [1.29, 1.82) is 0 Å². The van der Waals surface area contributed by atoms with Gasteiger partial charge in [0.1, 0.15) is 11.6 Å². The summed E-state index contributed by atoms with van der Waals surface area (Å²) in [5, 5.41) is 0. The zero-order valence-electron chi connectivity index (χ0n) is 12.0. The van der Waals surface area contributed by atoms with Crippen LogP contribution in [0.2, 0.25) is 0 Å². The van der Waals surface area contributed by atoms with Crippen LogP contribution in [-0.4, -0.2) is 15.0 Å². The number of halogens is 3. The van der Waals surface area contributed by atoms with Gasteiger partial charge in [0.05, 0.1) is 4.90 Å². The first-order valence-corrected chi connectivity index (χ1v) is 8.09. The van der Waals surface area contributed by atoms with Crippen LogP contribution in [0, 0.1) is 5.82 Å². The normalized spacial score (nSPS) is 13.1. The standard InChI is InChI=1S/C15H14F3NO3S/c1-10(11-4-2-6-13(8-11)22-15(17)18)19-23(20,21)14-7-3-5-12(16)9-14/h2-10,15,19H,1H3/t10-/m1/s1. The van der Waals surface area contributed by atoms with Crippen molar-refractivity contribution >= 4 is 10.0 Å². The van der Waals surface area contributed by atoms with E-state index < -0.39 is 28.5 Å². The van der Waals surface area contributed by atoms with Gasteiger partial charge in [0.2, 0.25) is 10.0 Å². The molecule has 2 aromatic carbocycles. The van der Waals surface area contributed by atoms with Gasteiger partial charge in [-0.3, -0.25) is 0 Å². The minimum atomic E-state index is -3.95. The molecule has 0 heterocycles. The summed E-state index contributed by atoms with van der Waals surface area (Å²) in [7, 11) is -3.95. The lowest BCUT2D eigenvalue weighted by Crippen LogP contribution is -2.27. The maximum Gasteiger partial charge on any atom is 0.387 e. The molecule has 1 atom stereocenters.